The Morgan fingerprint density at radius 2 is 2.22 bits per heavy atom. The Morgan fingerprint density at radius 1 is 1.67 bits per heavy atom. The lowest BCUT2D eigenvalue weighted by Crippen LogP contribution is -1.89. The first-order chi connectivity index (χ1) is 4.18. The van der Waals surface area contributed by atoms with E-state index in [0.29, 0.717) is 5.57 Å². The zero-order valence-corrected chi connectivity index (χ0v) is 5.98. The fourth-order valence-corrected chi connectivity index (χ4v) is 0.377. The topological polar surface area (TPSA) is 17.1 Å². The summed E-state index contributed by atoms with van der Waals surface area (Å²) in [6.45, 7) is 7.09. The summed E-state index contributed by atoms with van der Waals surface area (Å²) in [6.07, 6.45) is 4.62. The van der Waals surface area contributed by atoms with Crippen LogP contribution < -0.4 is 0 Å². The third-order valence-corrected chi connectivity index (χ3v) is 1.01. The van der Waals surface area contributed by atoms with E-state index in [1.54, 1.807) is 6.08 Å². The van der Waals surface area contributed by atoms with Gasteiger partial charge in [0.2, 0.25) is 0 Å². The summed E-state index contributed by atoms with van der Waals surface area (Å²) in [5.41, 5.74) is 0.580. The molecule has 0 fully saturated rings. The molecular formula is C8H12O. The summed E-state index contributed by atoms with van der Waals surface area (Å²) in [7, 11) is 0. The number of hydrogen-bond donors (Lipinski definition) is 0. The van der Waals surface area contributed by atoms with Gasteiger partial charge in [-0.05, 0) is 13.3 Å². The van der Waals surface area contributed by atoms with Gasteiger partial charge in [0.15, 0.2) is 5.78 Å². The second kappa shape index (κ2) is 4.07. The van der Waals surface area contributed by atoms with Crippen LogP contribution in [0, 0.1) is 0 Å². The van der Waals surface area contributed by atoms with Crippen molar-refractivity contribution < 1.29 is 4.79 Å². The minimum Gasteiger partial charge on any atom is -0.295 e. The summed E-state index contributed by atoms with van der Waals surface area (Å²) < 4.78 is 0. The molecule has 50 valence electrons. The maximum atomic E-state index is 10.5. The summed E-state index contributed by atoms with van der Waals surface area (Å²) in [5.74, 6) is 0.0414. The Balaban J connectivity index is 3.77. The van der Waals surface area contributed by atoms with Gasteiger partial charge >= 0.3 is 0 Å². The third kappa shape index (κ3) is 3.71. The SMILES string of the molecule is C=C(/C=C/CC)C(C)=O. The van der Waals surface area contributed by atoms with Gasteiger partial charge in [-0.25, -0.2) is 0 Å². The van der Waals surface area contributed by atoms with Crippen molar-refractivity contribution in [2.75, 3.05) is 0 Å². The molecule has 0 unspecified atom stereocenters. The third-order valence-electron chi connectivity index (χ3n) is 1.01. The van der Waals surface area contributed by atoms with Crippen LogP contribution in [0.25, 0.3) is 0 Å². The summed E-state index contributed by atoms with van der Waals surface area (Å²) in [6, 6.07) is 0. The summed E-state index contributed by atoms with van der Waals surface area (Å²) in [5, 5.41) is 0. The Bertz CT molecular complexity index is 143. The lowest BCUT2D eigenvalue weighted by Gasteiger charge is -1.87. The number of carbonyl (C=O) groups excluding carboxylic acids is 1. The molecule has 0 aromatic carbocycles. The first kappa shape index (κ1) is 8.15. The molecule has 0 saturated heterocycles. The highest BCUT2D eigenvalue weighted by molar-refractivity contribution is 5.95. The van der Waals surface area contributed by atoms with Crippen molar-refractivity contribution in [3.63, 3.8) is 0 Å². The molecular weight excluding hydrogens is 112 g/mol. The normalized spacial score (nSPS) is 10.0. The summed E-state index contributed by atoms with van der Waals surface area (Å²) >= 11 is 0. The quantitative estimate of drug-likeness (QED) is 0.416. The molecule has 1 nitrogen and oxygen atoms in total. The second-order valence-corrected chi connectivity index (χ2v) is 1.89. The predicted octanol–water partition coefficient (Wildman–Crippen LogP) is 2.10. The maximum Gasteiger partial charge on any atom is 0.159 e. The van der Waals surface area contributed by atoms with E-state index in [0.717, 1.165) is 6.42 Å². The zero-order chi connectivity index (χ0) is 7.28. The maximum absolute atomic E-state index is 10.5. The molecule has 0 atom stereocenters. The van der Waals surface area contributed by atoms with E-state index >= 15 is 0 Å². The van der Waals surface area contributed by atoms with E-state index in [2.05, 4.69) is 6.58 Å². The molecule has 0 amide bonds. The van der Waals surface area contributed by atoms with Gasteiger partial charge in [0.25, 0.3) is 0 Å². The highest BCUT2D eigenvalue weighted by Crippen LogP contribution is 1.94. The molecule has 0 N–H and O–H groups in total. The second-order valence-electron chi connectivity index (χ2n) is 1.89. The van der Waals surface area contributed by atoms with Crippen LogP contribution in [0.15, 0.2) is 24.3 Å². The van der Waals surface area contributed by atoms with Crippen LogP contribution in [-0.4, -0.2) is 5.78 Å². The molecule has 0 radical (unpaired) electrons. The largest absolute Gasteiger partial charge is 0.295 e. The predicted molar refractivity (Wildman–Crippen MR) is 39.3 cm³/mol. The van der Waals surface area contributed by atoms with Gasteiger partial charge in [-0.1, -0.05) is 25.7 Å². The molecule has 0 heterocycles. The molecule has 0 saturated carbocycles. The zero-order valence-electron chi connectivity index (χ0n) is 5.98. The van der Waals surface area contributed by atoms with E-state index in [1.807, 2.05) is 13.0 Å². The minimum atomic E-state index is 0.0414. The molecule has 0 aliphatic carbocycles. The van der Waals surface area contributed by atoms with Gasteiger partial charge in [-0.2, -0.15) is 0 Å². The van der Waals surface area contributed by atoms with Crippen molar-refractivity contribution in [1.29, 1.82) is 0 Å². The standard InChI is InChI=1S/C8H12O/c1-4-5-6-7(2)8(3)9/h5-6H,2,4H2,1,3H3/b6-5+. The lowest BCUT2D eigenvalue weighted by molar-refractivity contribution is -0.113. The Morgan fingerprint density at radius 3 is 2.56 bits per heavy atom. The molecule has 1 heteroatoms. The number of rotatable bonds is 3. The van der Waals surface area contributed by atoms with E-state index < -0.39 is 0 Å². The first-order valence-corrected chi connectivity index (χ1v) is 3.05. The van der Waals surface area contributed by atoms with Crippen LogP contribution in [0.2, 0.25) is 0 Å². The number of allylic oxidation sites excluding steroid dienone is 3. The van der Waals surface area contributed by atoms with E-state index in [9.17, 15) is 4.79 Å². The van der Waals surface area contributed by atoms with Gasteiger partial charge in [-0.3, -0.25) is 4.79 Å². The Labute approximate surface area is 56.1 Å². The molecule has 0 aliphatic heterocycles. The van der Waals surface area contributed by atoms with E-state index in [4.69, 9.17) is 0 Å². The summed E-state index contributed by atoms with van der Waals surface area (Å²) in [4.78, 5) is 10.5. The van der Waals surface area contributed by atoms with Crippen LogP contribution in [-0.2, 0) is 4.79 Å². The number of Topliss-reactive ketones (excluding diaryl/α,β-unsaturated/α-hetero) is 1. The molecule has 0 rings (SSSR count). The van der Waals surface area contributed by atoms with Crippen LogP contribution in [0.3, 0.4) is 0 Å². The highest BCUT2D eigenvalue weighted by atomic mass is 16.1. The van der Waals surface area contributed by atoms with Crippen LogP contribution in [0.1, 0.15) is 20.3 Å². The molecule has 0 aromatic heterocycles. The molecule has 9 heavy (non-hydrogen) atoms. The van der Waals surface area contributed by atoms with Crippen molar-refractivity contribution >= 4 is 5.78 Å². The van der Waals surface area contributed by atoms with Crippen molar-refractivity contribution in [3.8, 4) is 0 Å². The number of carbonyl (C=O) groups is 1. The Kier molecular flexibility index (Phi) is 3.69. The molecule has 0 aromatic rings. The molecule has 0 aliphatic rings. The van der Waals surface area contributed by atoms with Crippen LogP contribution >= 0.6 is 0 Å². The molecule has 0 spiro atoms. The number of hydrogen-bond acceptors (Lipinski definition) is 1. The van der Waals surface area contributed by atoms with Crippen LogP contribution in [0.5, 0.6) is 0 Å². The van der Waals surface area contributed by atoms with Crippen molar-refractivity contribution in [1.82, 2.24) is 0 Å². The van der Waals surface area contributed by atoms with Crippen molar-refractivity contribution in [3.05, 3.63) is 24.3 Å². The van der Waals surface area contributed by atoms with Gasteiger partial charge in [0, 0.05) is 5.57 Å². The Hall–Kier alpha value is -0.850. The number of ketones is 1. The smallest absolute Gasteiger partial charge is 0.159 e. The van der Waals surface area contributed by atoms with E-state index in [1.165, 1.54) is 6.92 Å². The monoisotopic (exact) mass is 124 g/mol. The molecule has 0 bridgehead atoms. The lowest BCUT2D eigenvalue weighted by atomic mass is 10.2. The average Bonchev–Trinajstić information content (AvgIpc) is 1.82. The van der Waals surface area contributed by atoms with Gasteiger partial charge in [-0.15, -0.1) is 0 Å². The van der Waals surface area contributed by atoms with Gasteiger partial charge in [0.05, 0.1) is 0 Å². The minimum absolute atomic E-state index is 0.0414. The average molecular weight is 124 g/mol. The van der Waals surface area contributed by atoms with Crippen LogP contribution in [0.4, 0.5) is 0 Å². The van der Waals surface area contributed by atoms with E-state index in [-0.39, 0.29) is 5.78 Å². The van der Waals surface area contributed by atoms with Gasteiger partial charge in [0.1, 0.15) is 0 Å². The first-order valence-electron chi connectivity index (χ1n) is 3.05. The highest BCUT2D eigenvalue weighted by Gasteiger charge is 1.91. The van der Waals surface area contributed by atoms with Gasteiger partial charge < -0.3 is 0 Å². The van der Waals surface area contributed by atoms with Crippen molar-refractivity contribution in [2.24, 2.45) is 0 Å². The van der Waals surface area contributed by atoms with Crippen molar-refractivity contribution in [2.45, 2.75) is 20.3 Å². The fraction of sp³-hybridized carbons (Fsp3) is 0.375. The fourth-order valence-electron chi connectivity index (χ4n) is 0.377.